The zero-order chi connectivity index (χ0) is 15.8. The van der Waals surface area contributed by atoms with Crippen LogP contribution in [0, 0.1) is 11.8 Å². The van der Waals surface area contributed by atoms with Crippen LogP contribution in [0.15, 0.2) is 30.3 Å². The summed E-state index contributed by atoms with van der Waals surface area (Å²) in [6.45, 7) is 3.49. The van der Waals surface area contributed by atoms with Crippen LogP contribution in [0.5, 0.6) is 0 Å². The van der Waals surface area contributed by atoms with Gasteiger partial charge in [-0.05, 0) is 24.8 Å². The minimum Gasteiger partial charge on any atom is -0.356 e. The highest BCUT2D eigenvalue weighted by atomic mass is 16.2. The molecule has 0 heterocycles. The Kier molecular flexibility index (Phi) is 6.44. The van der Waals surface area contributed by atoms with Crippen molar-refractivity contribution in [3.8, 4) is 0 Å². The van der Waals surface area contributed by atoms with Crippen LogP contribution in [0.2, 0.25) is 0 Å². The predicted molar refractivity (Wildman–Crippen MR) is 87.3 cm³/mol. The first-order valence-electron chi connectivity index (χ1n) is 8.31. The highest BCUT2D eigenvalue weighted by Gasteiger charge is 2.47. The lowest BCUT2D eigenvalue weighted by molar-refractivity contribution is -0.127. The van der Waals surface area contributed by atoms with Crippen molar-refractivity contribution in [2.75, 3.05) is 13.1 Å². The molecule has 2 atom stereocenters. The van der Waals surface area contributed by atoms with E-state index in [1.807, 2.05) is 18.2 Å². The number of carbonyl (C=O) groups is 2. The molecule has 120 valence electrons. The van der Waals surface area contributed by atoms with Crippen molar-refractivity contribution >= 4 is 11.8 Å². The molecule has 4 heteroatoms. The van der Waals surface area contributed by atoms with Gasteiger partial charge in [0.15, 0.2) is 0 Å². The highest BCUT2D eigenvalue weighted by Crippen LogP contribution is 2.38. The van der Waals surface area contributed by atoms with E-state index in [1.165, 1.54) is 5.56 Å². The van der Waals surface area contributed by atoms with Gasteiger partial charge in [0.05, 0.1) is 11.8 Å². The molecule has 2 amide bonds. The van der Waals surface area contributed by atoms with Crippen LogP contribution < -0.4 is 10.6 Å². The second-order valence-electron chi connectivity index (χ2n) is 5.97. The van der Waals surface area contributed by atoms with E-state index >= 15 is 0 Å². The van der Waals surface area contributed by atoms with Gasteiger partial charge in [-0.15, -0.1) is 0 Å². The molecule has 0 spiro atoms. The van der Waals surface area contributed by atoms with Gasteiger partial charge in [-0.1, -0.05) is 50.1 Å². The maximum atomic E-state index is 12.0. The van der Waals surface area contributed by atoms with Gasteiger partial charge in [0, 0.05) is 13.1 Å². The fourth-order valence-corrected chi connectivity index (χ4v) is 2.60. The van der Waals surface area contributed by atoms with Crippen molar-refractivity contribution in [1.29, 1.82) is 0 Å². The SMILES string of the molecule is CCCCCNC(=O)C1CC1C(=O)NCCc1ccccc1. The van der Waals surface area contributed by atoms with Gasteiger partial charge >= 0.3 is 0 Å². The van der Waals surface area contributed by atoms with Crippen molar-refractivity contribution in [1.82, 2.24) is 10.6 Å². The molecule has 0 saturated heterocycles. The van der Waals surface area contributed by atoms with Crippen LogP contribution in [0.1, 0.15) is 38.2 Å². The third-order valence-electron chi connectivity index (χ3n) is 4.10. The highest BCUT2D eigenvalue weighted by molar-refractivity contribution is 5.92. The summed E-state index contributed by atoms with van der Waals surface area (Å²) in [4.78, 5) is 23.9. The normalized spacial score (nSPS) is 19.5. The van der Waals surface area contributed by atoms with Crippen LogP contribution in [-0.4, -0.2) is 24.9 Å². The maximum Gasteiger partial charge on any atom is 0.223 e. The Morgan fingerprint density at radius 1 is 1.00 bits per heavy atom. The van der Waals surface area contributed by atoms with E-state index in [1.54, 1.807) is 0 Å². The zero-order valence-electron chi connectivity index (χ0n) is 13.3. The first-order chi connectivity index (χ1) is 10.7. The molecule has 0 aliphatic heterocycles. The second-order valence-corrected chi connectivity index (χ2v) is 5.97. The van der Waals surface area contributed by atoms with E-state index in [-0.39, 0.29) is 23.7 Å². The van der Waals surface area contributed by atoms with Gasteiger partial charge in [0.25, 0.3) is 0 Å². The quantitative estimate of drug-likeness (QED) is 0.688. The zero-order valence-corrected chi connectivity index (χ0v) is 13.3. The molecule has 1 aromatic carbocycles. The Morgan fingerprint density at radius 3 is 2.27 bits per heavy atom. The van der Waals surface area contributed by atoms with E-state index in [4.69, 9.17) is 0 Å². The number of benzene rings is 1. The Hall–Kier alpha value is -1.84. The summed E-state index contributed by atoms with van der Waals surface area (Å²) < 4.78 is 0. The lowest BCUT2D eigenvalue weighted by Gasteiger charge is -2.06. The van der Waals surface area contributed by atoms with Crippen molar-refractivity contribution in [2.24, 2.45) is 11.8 Å². The summed E-state index contributed by atoms with van der Waals surface area (Å²) in [6, 6.07) is 10.1. The topological polar surface area (TPSA) is 58.2 Å². The van der Waals surface area contributed by atoms with E-state index in [0.29, 0.717) is 13.0 Å². The molecule has 4 nitrogen and oxygen atoms in total. The largest absolute Gasteiger partial charge is 0.356 e. The van der Waals surface area contributed by atoms with Crippen LogP contribution in [0.4, 0.5) is 0 Å². The summed E-state index contributed by atoms with van der Waals surface area (Å²) >= 11 is 0. The molecule has 1 saturated carbocycles. The predicted octanol–water partition coefficient (Wildman–Crippen LogP) is 2.29. The molecule has 0 aromatic heterocycles. The number of rotatable bonds is 9. The number of unbranched alkanes of at least 4 members (excludes halogenated alkanes) is 2. The average molecular weight is 302 g/mol. The Labute approximate surface area is 132 Å². The van der Waals surface area contributed by atoms with Crippen molar-refractivity contribution in [2.45, 2.75) is 39.0 Å². The molecular formula is C18H26N2O2. The molecule has 0 bridgehead atoms. The number of amides is 2. The standard InChI is InChI=1S/C18H26N2O2/c1-2-3-7-11-19-17(21)15-13-16(15)18(22)20-12-10-14-8-5-4-6-9-14/h4-6,8-9,15-16H,2-3,7,10-13H2,1H3,(H,19,21)(H,20,22). The van der Waals surface area contributed by atoms with Gasteiger partial charge in [-0.3, -0.25) is 9.59 Å². The molecule has 0 radical (unpaired) electrons. The molecule has 2 unspecified atom stereocenters. The molecule has 1 aliphatic carbocycles. The summed E-state index contributed by atoms with van der Waals surface area (Å²) in [5.41, 5.74) is 1.21. The molecule has 1 aliphatic rings. The fraction of sp³-hybridized carbons (Fsp3) is 0.556. The average Bonchev–Trinajstić information content (AvgIpc) is 3.33. The van der Waals surface area contributed by atoms with Gasteiger partial charge in [0.2, 0.25) is 11.8 Å². The molecular weight excluding hydrogens is 276 g/mol. The minimum absolute atomic E-state index is 0.0182. The van der Waals surface area contributed by atoms with Gasteiger partial charge in [0.1, 0.15) is 0 Å². The summed E-state index contributed by atoms with van der Waals surface area (Å²) in [6.07, 6.45) is 4.81. The number of nitrogens with one attached hydrogen (secondary N) is 2. The maximum absolute atomic E-state index is 12.0. The van der Waals surface area contributed by atoms with Crippen molar-refractivity contribution in [3.63, 3.8) is 0 Å². The lowest BCUT2D eigenvalue weighted by Crippen LogP contribution is -2.31. The van der Waals surface area contributed by atoms with E-state index in [2.05, 4.69) is 29.7 Å². The first kappa shape index (κ1) is 16.5. The van der Waals surface area contributed by atoms with Crippen LogP contribution in [0.25, 0.3) is 0 Å². The number of hydrogen-bond acceptors (Lipinski definition) is 2. The van der Waals surface area contributed by atoms with Crippen molar-refractivity contribution in [3.05, 3.63) is 35.9 Å². The molecule has 22 heavy (non-hydrogen) atoms. The lowest BCUT2D eigenvalue weighted by atomic mass is 10.1. The van der Waals surface area contributed by atoms with E-state index in [9.17, 15) is 9.59 Å². The Morgan fingerprint density at radius 2 is 1.64 bits per heavy atom. The van der Waals surface area contributed by atoms with Crippen LogP contribution in [-0.2, 0) is 16.0 Å². The summed E-state index contributed by atoms with van der Waals surface area (Å²) in [7, 11) is 0. The molecule has 1 fully saturated rings. The summed E-state index contributed by atoms with van der Waals surface area (Å²) in [5.74, 6) is -0.177. The second kappa shape index (κ2) is 8.57. The minimum atomic E-state index is -0.123. The molecule has 2 N–H and O–H groups in total. The number of hydrogen-bond donors (Lipinski definition) is 2. The Bertz CT molecular complexity index is 487. The van der Waals surface area contributed by atoms with Crippen LogP contribution >= 0.6 is 0 Å². The first-order valence-corrected chi connectivity index (χ1v) is 8.31. The third kappa shape index (κ3) is 5.17. The van der Waals surface area contributed by atoms with E-state index < -0.39 is 0 Å². The Balaban J connectivity index is 1.60. The third-order valence-corrected chi connectivity index (χ3v) is 4.10. The van der Waals surface area contributed by atoms with Gasteiger partial charge in [-0.2, -0.15) is 0 Å². The van der Waals surface area contributed by atoms with Gasteiger partial charge in [-0.25, -0.2) is 0 Å². The summed E-state index contributed by atoms with van der Waals surface area (Å²) in [5, 5.41) is 5.86. The smallest absolute Gasteiger partial charge is 0.223 e. The van der Waals surface area contributed by atoms with Gasteiger partial charge < -0.3 is 10.6 Å². The fourth-order valence-electron chi connectivity index (χ4n) is 2.60. The van der Waals surface area contributed by atoms with Crippen molar-refractivity contribution < 1.29 is 9.59 Å². The van der Waals surface area contributed by atoms with E-state index in [0.717, 1.165) is 32.2 Å². The molecule has 2 rings (SSSR count). The monoisotopic (exact) mass is 302 g/mol. The molecule has 1 aromatic rings. The van der Waals surface area contributed by atoms with Crippen LogP contribution in [0.3, 0.4) is 0 Å². The number of carbonyl (C=O) groups excluding carboxylic acids is 2.